The van der Waals surface area contributed by atoms with Crippen molar-refractivity contribution in [3.8, 4) is 5.75 Å². The van der Waals surface area contributed by atoms with Crippen molar-refractivity contribution in [2.24, 2.45) is 0 Å². The lowest BCUT2D eigenvalue weighted by molar-refractivity contribution is -0.116. The minimum Gasteiger partial charge on any atom is -0.491 e. The molecule has 0 radical (unpaired) electrons. The molecule has 0 aromatic heterocycles. The monoisotopic (exact) mass is 292 g/mol. The van der Waals surface area contributed by atoms with Gasteiger partial charge in [0, 0.05) is 32.6 Å². The second-order valence-electron chi connectivity index (χ2n) is 5.24. The van der Waals surface area contributed by atoms with Crippen LogP contribution in [0.1, 0.15) is 25.7 Å². The highest BCUT2D eigenvalue weighted by Crippen LogP contribution is 2.24. The van der Waals surface area contributed by atoms with E-state index < -0.39 is 0 Å². The molecule has 0 saturated carbocycles. The number of carbonyl (C=O) groups is 1. The van der Waals surface area contributed by atoms with Crippen LogP contribution in [0.15, 0.2) is 24.3 Å². The molecule has 21 heavy (non-hydrogen) atoms. The fraction of sp³-hybridized carbons (Fsp3) is 0.562. The van der Waals surface area contributed by atoms with E-state index in [0.717, 1.165) is 31.5 Å². The molecule has 1 unspecified atom stereocenters. The topological polar surface area (TPSA) is 59.6 Å². The normalized spacial score (nSPS) is 17.7. The van der Waals surface area contributed by atoms with E-state index >= 15 is 0 Å². The van der Waals surface area contributed by atoms with Crippen LogP contribution in [0.5, 0.6) is 5.75 Å². The van der Waals surface area contributed by atoms with Gasteiger partial charge in [-0.15, -0.1) is 0 Å². The van der Waals surface area contributed by atoms with Gasteiger partial charge in [-0.25, -0.2) is 0 Å². The third kappa shape index (κ3) is 5.36. The summed E-state index contributed by atoms with van der Waals surface area (Å²) in [5.74, 6) is 0.740. The van der Waals surface area contributed by atoms with Gasteiger partial charge in [0.25, 0.3) is 0 Å². The van der Waals surface area contributed by atoms with Crippen LogP contribution in [0.4, 0.5) is 5.69 Å². The molecule has 0 spiro atoms. The SMILES string of the molecule is COCCCOc1ccccc1NC(=O)CC1CCCN1. The summed E-state index contributed by atoms with van der Waals surface area (Å²) in [7, 11) is 1.67. The van der Waals surface area contributed by atoms with E-state index in [2.05, 4.69) is 10.6 Å². The van der Waals surface area contributed by atoms with Crippen LogP contribution in [-0.2, 0) is 9.53 Å². The summed E-state index contributed by atoms with van der Waals surface area (Å²) in [6.45, 7) is 2.25. The summed E-state index contributed by atoms with van der Waals surface area (Å²) >= 11 is 0. The van der Waals surface area contributed by atoms with Crippen LogP contribution < -0.4 is 15.4 Å². The number of para-hydroxylation sites is 2. The first-order chi connectivity index (χ1) is 10.3. The number of ether oxygens (including phenoxy) is 2. The quantitative estimate of drug-likeness (QED) is 0.721. The number of methoxy groups -OCH3 is 1. The lowest BCUT2D eigenvalue weighted by Gasteiger charge is -2.14. The average molecular weight is 292 g/mol. The van der Waals surface area contributed by atoms with Crippen LogP contribution in [-0.4, -0.2) is 38.8 Å². The molecule has 1 aromatic rings. The number of hydrogen-bond acceptors (Lipinski definition) is 4. The van der Waals surface area contributed by atoms with Gasteiger partial charge >= 0.3 is 0 Å². The molecule has 1 aliphatic heterocycles. The molecule has 1 heterocycles. The molecular formula is C16H24N2O3. The van der Waals surface area contributed by atoms with Crippen LogP contribution in [0, 0.1) is 0 Å². The second kappa shape index (κ2) is 8.64. The first kappa shape index (κ1) is 15.8. The standard InChI is InChI=1S/C16H24N2O3/c1-20-10-5-11-21-15-8-3-2-7-14(15)18-16(19)12-13-6-4-9-17-13/h2-3,7-8,13,17H,4-6,9-12H2,1H3,(H,18,19). The van der Waals surface area contributed by atoms with Gasteiger partial charge in [-0.05, 0) is 31.5 Å². The summed E-state index contributed by atoms with van der Waals surface area (Å²) in [6, 6.07) is 7.84. The predicted molar refractivity (Wildman–Crippen MR) is 82.7 cm³/mol. The molecule has 116 valence electrons. The summed E-state index contributed by atoms with van der Waals surface area (Å²) in [5, 5.41) is 6.27. The zero-order chi connectivity index (χ0) is 14.9. The fourth-order valence-electron chi connectivity index (χ4n) is 2.44. The maximum Gasteiger partial charge on any atom is 0.226 e. The number of anilines is 1. The van der Waals surface area contributed by atoms with E-state index in [9.17, 15) is 4.79 Å². The van der Waals surface area contributed by atoms with Crippen molar-refractivity contribution in [1.29, 1.82) is 0 Å². The molecule has 2 N–H and O–H groups in total. The molecular weight excluding hydrogens is 268 g/mol. The highest BCUT2D eigenvalue weighted by atomic mass is 16.5. The van der Waals surface area contributed by atoms with E-state index in [0.29, 0.717) is 31.4 Å². The Kier molecular flexibility index (Phi) is 6.50. The molecule has 1 saturated heterocycles. The highest BCUT2D eigenvalue weighted by molar-refractivity contribution is 5.92. The molecule has 1 aromatic carbocycles. The highest BCUT2D eigenvalue weighted by Gasteiger charge is 2.18. The van der Waals surface area contributed by atoms with Crippen LogP contribution in [0.2, 0.25) is 0 Å². The van der Waals surface area contributed by atoms with Crippen molar-refractivity contribution >= 4 is 11.6 Å². The van der Waals surface area contributed by atoms with Gasteiger partial charge < -0.3 is 20.1 Å². The molecule has 5 nitrogen and oxygen atoms in total. The molecule has 0 aliphatic carbocycles. The predicted octanol–water partition coefficient (Wildman–Crippen LogP) is 2.18. The van der Waals surface area contributed by atoms with Crippen LogP contribution in [0.3, 0.4) is 0 Å². The zero-order valence-corrected chi connectivity index (χ0v) is 12.6. The van der Waals surface area contributed by atoms with Crippen LogP contribution >= 0.6 is 0 Å². The Morgan fingerprint density at radius 1 is 1.38 bits per heavy atom. The Morgan fingerprint density at radius 2 is 2.24 bits per heavy atom. The number of amides is 1. The Balaban J connectivity index is 1.84. The second-order valence-corrected chi connectivity index (χ2v) is 5.24. The van der Waals surface area contributed by atoms with Crippen molar-refractivity contribution in [2.75, 3.05) is 32.2 Å². The summed E-state index contributed by atoms with van der Waals surface area (Å²) in [6.07, 6.45) is 3.56. The van der Waals surface area contributed by atoms with Crippen molar-refractivity contribution in [3.63, 3.8) is 0 Å². The number of hydrogen-bond donors (Lipinski definition) is 2. The lowest BCUT2D eigenvalue weighted by atomic mass is 10.1. The Hall–Kier alpha value is -1.59. The maximum absolute atomic E-state index is 12.1. The van der Waals surface area contributed by atoms with Crippen molar-refractivity contribution in [1.82, 2.24) is 5.32 Å². The van der Waals surface area contributed by atoms with E-state index in [1.54, 1.807) is 7.11 Å². The first-order valence-electron chi connectivity index (χ1n) is 7.53. The molecule has 1 aliphatic rings. The molecule has 1 fully saturated rings. The van der Waals surface area contributed by atoms with E-state index in [4.69, 9.17) is 9.47 Å². The Morgan fingerprint density at radius 3 is 3.00 bits per heavy atom. The fourth-order valence-corrected chi connectivity index (χ4v) is 2.44. The summed E-state index contributed by atoms with van der Waals surface area (Å²) < 4.78 is 10.7. The average Bonchev–Trinajstić information content (AvgIpc) is 2.98. The van der Waals surface area contributed by atoms with Gasteiger partial charge in [-0.2, -0.15) is 0 Å². The summed E-state index contributed by atoms with van der Waals surface area (Å²) in [5.41, 5.74) is 0.734. The minimum absolute atomic E-state index is 0.0299. The van der Waals surface area contributed by atoms with Crippen LogP contribution in [0.25, 0.3) is 0 Å². The largest absolute Gasteiger partial charge is 0.491 e. The van der Waals surface area contributed by atoms with Gasteiger partial charge in [0.1, 0.15) is 5.75 Å². The molecule has 1 amide bonds. The van der Waals surface area contributed by atoms with E-state index in [1.165, 1.54) is 0 Å². The Bertz CT molecular complexity index is 445. The van der Waals surface area contributed by atoms with Gasteiger partial charge in [0.2, 0.25) is 5.91 Å². The molecule has 0 bridgehead atoms. The van der Waals surface area contributed by atoms with Gasteiger partial charge in [-0.3, -0.25) is 4.79 Å². The third-order valence-corrected chi connectivity index (χ3v) is 3.51. The maximum atomic E-state index is 12.1. The van der Waals surface area contributed by atoms with Gasteiger partial charge in [-0.1, -0.05) is 12.1 Å². The minimum atomic E-state index is 0.0299. The van der Waals surface area contributed by atoms with Gasteiger partial charge in [0.05, 0.1) is 12.3 Å². The lowest BCUT2D eigenvalue weighted by Crippen LogP contribution is -2.27. The molecule has 1 atom stereocenters. The zero-order valence-electron chi connectivity index (χ0n) is 12.6. The molecule has 2 rings (SSSR count). The van der Waals surface area contributed by atoms with Crippen molar-refractivity contribution in [2.45, 2.75) is 31.7 Å². The van der Waals surface area contributed by atoms with Crippen molar-refractivity contribution < 1.29 is 14.3 Å². The number of rotatable bonds is 8. The van der Waals surface area contributed by atoms with Gasteiger partial charge in [0.15, 0.2) is 0 Å². The molecule has 5 heteroatoms. The first-order valence-corrected chi connectivity index (χ1v) is 7.53. The van der Waals surface area contributed by atoms with E-state index in [1.807, 2.05) is 24.3 Å². The third-order valence-electron chi connectivity index (χ3n) is 3.51. The van der Waals surface area contributed by atoms with E-state index in [-0.39, 0.29) is 5.91 Å². The number of benzene rings is 1. The van der Waals surface area contributed by atoms with Crippen molar-refractivity contribution in [3.05, 3.63) is 24.3 Å². The number of nitrogens with one attached hydrogen (secondary N) is 2. The number of carbonyl (C=O) groups excluding carboxylic acids is 1. The summed E-state index contributed by atoms with van der Waals surface area (Å²) in [4.78, 5) is 12.1. The Labute approximate surface area is 126 Å². The smallest absolute Gasteiger partial charge is 0.226 e.